The van der Waals surface area contributed by atoms with Gasteiger partial charge in [0.2, 0.25) is 17.7 Å². The van der Waals surface area contributed by atoms with E-state index < -0.39 is 35.1 Å². The van der Waals surface area contributed by atoms with Gasteiger partial charge in [-0.3, -0.25) is 14.4 Å². The van der Waals surface area contributed by atoms with Crippen molar-refractivity contribution in [3.63, 3.8) is 0 Å². The third-order valence-corrected chi connectivity index (χ3v) is 10.1. The Hall–Kier alpha value is -2.97. The number of hydrogen-bond donors (Lipinski definition) is 1. The predicted molar refractivity (Wildman–Crippen MR) is 169 cm³/mol. The van der Waals surface area contributed by atoms with Gasteiger partial charge < -0.3 is 24.5 Å². The van der Waals surface area contributed by atoms with Crippen LogP contribution in [0.15, 0.2) is 55.6 Å². The number of likely N-dealkylation sites (tertiary alicyclic amines) is 1. The van der Waals surface area contributed by atoms with E-state index in [1.54, 1.807) is 26.9 Å². The van der Waals surface area contributed by atoms with Crippen molar-refractivity contribution in [1.82, 2.24) is 9.80 Å². The fourth-order valence-corrected chi connectivity index (χ4v) is 8.13. The van der Waals surface area contributed by atoms with Gasteiger partial charge in [0.15, 0.2) is 0 Å². The zero-order valence-electron chi connectivity index (χ0n) is 26.9. The normalized spacial score (nSPS) is 30.7. The van der Waals surface area contributed by atoms with E-state index in [1.807, 2.05) is 58.0 Å². The van der Waals surface area contributed by atoms with Gasteiger partial charge in [0, 0.05) is 24.8 Å². The van der Waals surface area contributed by atoms with Crippen LogP contribution >= 0.6 is 0 Å². The lowest BCUT2D eigenvalue weighted by Crippen LogP contribution is -2.60. The zero-order chi connectivity index (χ0) is 31.7. The molecule has 1 aromatic carbocycles. The number of anilines is 1. The van der Waals surface area contributed by atoms with Crippen LogP contribution in [0.3, 0.4) is 0 Å². The highest BCUT2D eigenvalue weighted by atomic mass is 16.5. The van der Waals surface area contributed by atoms with Gasteiger partial charge in [0.25, 0.3) is 0 Å². The van der Waals surface area contributed by atoms with E-state index in [9.17, 15) is 19.5 Å². The molecule has 0 radical (unpaired) electrons. The number of benzene rings is 1. The summed E-state index contributed by atoms with van der Waals surface area (Å²) in [7, 11) is 0. The van der Waals surface area contributed by atoms with Gasteiger partial charge in [0.1, 0.15) is 11.6 Å². The van der Waals surface area contributed by atoms with Crippen molar-refractivity contribution >= 4 is 23.4 Å². The lowest BCUT2D eigenvalue weighted by atomic mass is 9.62. The number of ether oxygens (including phenoxy) is 1. The summed E-state index contributed by atoms with van der Waals surface area (Å²) < 4.78 is 6.99. The second-order valence-corrected chi connectivity index (χ2v) is 13.4. The number of aliphatic hydroxyl groups excluding tert-OH is 1. The van der Waals surface area contributed by atoms with E-state index in [4.69, 9.17) is 4.74 Å². The van der Waals surface area contributed by atoms with Crippen LogP contribution in [0, 0.1) is 23.7 Å². The molecule has 3 saturated heterocycles. The summed E-state index contributed by atoms with van der Waals surface area (Å²) in [6, 6.07) is 7.79. The topological polar surface area (TPSA) is 90.4 Å². The van der Waals surface area contributed by atoms with E-state index >= 15 is 0 Å². The van der Waals surface area contributed by atoms with Gasteiger partial charge in [-0.25, -0.2) is 0 Å². The summed E-state index contributed by atoms with van der Waals surface area (Å²) in [5.74, 6) is -2.24. The first kappa shape index (κ1) is 32.9. The molecule has 1 spiro atoms. The maximum Gasteiger partial charge on any atom is 0.248 e. The van der Waals surface area contributed by atoms with Crippen molar-refractivity contribution in [3.05, 3.63) is 55.6 Å². The molecule has 1 aromatic rings. The van der Waals surface area contributed by atoms with Crippen LogP contribution in [-0.4, -0.2) is 81.7 Å². The molecular formula is C35H51N3O5. The molecule has 236 valence electrons. The number of hydrogen-bond acceptors (Lipinski definition) is 5. The van der Waals surface area contributed by atoms with Crippen molar-refractivity contribution in [1.29, 1.82) is 0 Å². The molecule has 3 aliphatic rings. The Morgan fingerprint density at radius 3 is 2.35 bits per heavy atom. The van der Waals surface area contributed by atoms with Crippen LogP contribution in [0.5, 0.6) is 0 Å². The monoisotopic (exact) mass is 593 g/mol. The average Bonchev–Trinajstić information content (AvgIpc) is 3.49. The SMILES string of the molecule is C=CCN(C(=O)[C@@H]1[C@H]2C(=O)N([C@@H](CO)CC(C)C)C(C(=O)N(CC=C)C(C)CCC)C23CC(C)[C@@]1(C)O3)c1ccccc1. The van der Waals surface area contributed by atoms with Crippen molar-refractivity contribution in [2.75, 3.05) is 24.6 Å². The molecule has 3 fully saturated rings. The Morgan fingerprint density at radius 2 is 1.79 bits per heavy atom. The minimum atomic E-state index is -1.19. The Labute approximate surface area is 257 Å². The number of carbonyl (C=O) groups is 3. The molecule has 8 atom stereocenters. The number of carbonyl (C=O) groups excluding carboxylic acids is 3. The molecule has 4 unspecified atom stereocenters. The van der Waals surface area contributed by atoms with E-state index in [2.05, 4.69) is 27.0 Å². The highest BCUT2D eigenvalue weighted by molar-refractivity contribution is 6.03. The Kier molecular flexibility index (Phi) is 9.92. The molecule has 0 saturated carbocycles. The lowest BCUT2D eigenvalue weighted by molar-refractivity contribution is -0.157. The van der Waals surface area contributed by atoms with Crippen LogP contribution in [0.25, 0.3) is 0 Å². The number of fused-ring (bicyclic) bond motifs is 1. The molecule has 3 amide bonds. The molecule has 3 aliphatic heterocycles. The number of nitrogens with zero attached hydrogens (tertiary/aromatic N) is 3. The molecular weight excluding hydrogens is 542 g/mol. The zero-order valence-corrected chi connectivity index (χ0v) is 26.9. The quantitative estimate of drug-likeness (QED) is 0.312. The number of rotatable bonds is 14. The fourth-order valence-electron chi connectivity index (χ4n) is 8.13. The van der Waals surface area contributed by atoms with Gasteiger partial charge in [-0.1, -0.05) is 64.5 Å². The van der Waals surface area contributed by atoms with Crippen LogP contribution in [0.1, 0.15) is 67.2 Å². The summed E-state index contributed by atoms with van der Waals surface area (Å²) in [6.07, 6.45) is 6.11. The largest absolute Gasteiger partial charge is 0.394 e. The number of aliphatic hydroxyl groups is 1. The molecule has 43 heavy (non-hydrogen) atoms. The minimum Gasteiger partial charge on any atom is -0.394 e. The molecule has 4 rings (SSSR count). The first-order chi connectivity index (χ1) is 20.4. The molecule has 1 N–H and O–H groups in total. The van der Waals surface area contributed by atoms with Gasteiger partial charge in [-0.05, 0) is 57.1 Å². The summed E-state index contributed by atoms with van der Waals surface area (Å²) >= 11 is 0. The summed E-state index contributed by atoms with van der Waals surface area (Å²) in [5, 5.41) is 10.6. The van der Waals surface area contributed by atoms with E-state index in [0.29, 0.717) is 25.1 Å². The van der Waals surface area contributed by atoms with Gasteiger partial charge in [-0.15, -0.1) is 13.2 Å². The van der Waals surface area contributed by atoms with Crippen LogP contribution in [0.2, 0.25) is 0 Å². The Bertz CT molecular complexity index is 1200. The Morgan fingerprint density at radius 1 is 1.14 bits per heavy atom. The fraction of sp³-hybridized carbons (Fsp3) is 0.629. The van der Waals surface area contributed by atoms with E-state index in [0.717, 1.165) is 12.8 Å². The van der Waals surface area contributed by atoms with Crippen LogP contribution in [0.4, 0.5) is 5.69 Å². The standard InChI is InChI=1S/C35H51N3O5/c1-9-15-25(7)36(18-10-2)33(42)30-35-21-24(6)34(8,43-35)28(29(35)32(41)38(30)27(22-39)20-23(4)5)31(40)37(19-11-3)26-16-13-12-14-17-26/h10-14,16-17,23-25,27-30,39H,2-3,9,15,18-22H2,1,4-8H3/t24?,25?,27-,28+,29+,30?,34-,35?/m1/s1. The molecule has 8 heteroatoms. The predicted octanol–water partition coefficient (Wildman–Crippen LogP) is 4.83. The summed E-state index contributed by atoms with van der Waals surface area (Å²) in [4.78, 5) is 49.3. The lowest BCUT2D eigenvalue weighted by Gasteiger charge is -2.41. The molecule has 8 nitrogen and oxygen atoms in total. The second-order valence-electron chi connectivity index (χ2n) is 13.4. The van der Waals surface area contributed by atoms with E-state index in [-0.39, 0.29) is 48.8 Å². The highest BCUT2D eigenvalue weighted by Gasteiger charge is 2.80. The van der Waals surface area contributed by atoms with Crippen molar-refractivity contribution < 1.29 is 24.2 Å². The maximum absolute atomic E-state index is 14.8. The summed E-state index contributed by atoms with van der Waals surface area (Å²) in [6.45, 7) is 20.3. The first-order valence-corrected chi connectivity index (χ1v) is 15.9. The number of para-hydroxylation sites is 1. The highest BCUT2D eigenvalue weighted by Crippen LogP contribution is 2.66. The van der Waals surface area contributed by atoms with Gasteiger partial charge >= 0.3 is 0 Å². The average molecular weight is 594 g/mol. The molecule has 2 bridgehead atoms. The van der Waals surface area contributed by atoms with E-state index in [1.165, 1.54) is 0 Å². The van der Waals surface area contributed by atoms with Crippen molar-refractivity contribution in [2.45, 2.75) is 96.6 Å². The second kappa shape index (κ2) is 12.9. The van der Waals surface area contributed by atoms with Crippen molar-refractivity contribution in [2.24, 2.45) is 23.7 Å². The first-order valence-electron chi connectivity index (χ1n) is 15.9. The van der Waals surface area contributed by atoms with Gasteiger partial charge in [0.05, 0.1) is 30.1 Å². The molecule has 0 aliphatic carbocycles. The Balaban J connectivity index is 1.88. The van der Waals surface area contributed by atoms with Crippen LogP contribution < -0.4 is 4.90 Å². The smallest absolute Gasteiger partial charge is 0.248 e. The number of amides is 3. The molecule has 3 heterocycles. The molecule has 0 aromatic heterocycles. The van der Waals surface area contributed by atoms with Crippen LogP contribution in [-0.2, 0) is 19.1 Å². The maximum atomic E-state index is 14.8. The van der Waals surface area contributed by atoms with Crippen molar-refractivity contribution in [3.8, 4) is 0 Å². The third-order valence-electron chi connectivity index (χ3n) is 10.1. The summed E-state index contributed by atoms with van der Waals surface area (Å²) in [5.41, 5.74) is -1.41. The van der Waals surface area contributed by atoms with Gasteiger partial charge in [-0.2, -0.15) is 0 Å². The third kappa shape index (κ3) is 5.46. The minimum absolute atomic E-state index is 0.0780.